The first-order valence-electron chi connectivity index (χ1n) is 11.5. The van der Waals surface area contributed by atoms with Crippen LogP contribution in [0.1, 0.15) is 17.4 Å². The standard InChI is InChI=1S/C26H26N6O3/c33-32(34)24-15-21-22(16-23(24)31-13-11-27-12-14-31)28-18-29-25(21)30-26(20-9-5-2-6-10-20)35-17-19-7-3-1-4-8-19/h1-10,15-16,18,26-27H,11-14,17H2,(H,28,29,30). The van der Waals surface area contributed by atoms with Gasteiger partial charge in [0.1, 0.15) is 17.8 Å². The summed E-state index contributed by atoms with van der Waals surface area (Å²) in [5.41, 5.74) is 3.21. The average Bonchev–Trinajstić information content (AvgIpc) is 2.92. The van der Waals surface area contributed by atoms with Crippen LogP contribution in [0.25, 0.3) is 10.9 Å². The number of aromatic nitrogens is 2. The molecule has 4 aromatic rings. The lowest BCUT2D eigenvalue weighted by Gasteiger charge is -2.29. The monoisotopic (exact) mass is 470 g/mol. The maximum absolute atomic E-state index is 12.0. The molecule has 0 amide bonds. The van der Waals surface area contributed by atoms with Gasteiger partial charge in [-0.2, -0.15) is 0 Å². The average molecular weight is 471 g/mol. The number of piperazine rings is 1. The Bertz CT molecular complexity index is 1300. The van der Waals surface area contributed by atoms with E-state index in [0.29, 0.717) is 42.1 Å². The van der Waals surface area contributed by atoms with Gasteiger partial charge in [-0.1, -0.05) is 60.7 Å². The highest BCUT2D eigenvalue weighted by atomic mass is 16.6. The summed E-state index contributed by atoms with van der Waals surface area (Å²) in [6, 6.07) is 23.0. The SMILES string of the molecule is O=[N+]([O-])c1cc2c(NC(OCc3ccccc3)c3ccccc3)ncnc2cc1N1CCNCC1. The molecule has 1 fully saturated rings. The van der Waals surface area contributed by atoms with Gasteiger partial charge in [0.25, 0.3) is 5.69 Å². The first-order chi connectivity index (χ1) is 17.2. The minimum atomic E-state index is -0.513. The number of ether oxygens (including phenoxy) is 1. The molecular formula is C26H26N6O3. The number of fused-ring (bicyclic) bond motifs is 1. The largest absolute Gasteiger partial charge is 0.363 e. The lowest BCUT2D eigenvalue weighted by atomic mass is 10.1. The molecule has 2 N–H and O–H groups in total. The maximum Gasteiger partial charge on any atom is 0.293 e. The molecule has 35 heavy (non-hydrogen) atoms. The fraction of sp³-hybridized carbons (Fsp3) is 0.231. The van der Waals surface area contributed by atoms with Crippen molar-refractivity contribution in [3.05, 3.63) is 100 Å². The van der Waals surface area contributed by atoms with Crippen LogP contribution in [-0.2, 0) is 11.3 Å². The second-order valence-electron chi connectivity index (χ2n) is 8.31. The normalized spacial score (nSPS) is 14.6. The highest BCUT2D eigenvalue weighted by molar-refractivity contribution is 5.94. The van der Waals surface area contributed by atoms with E-state index < -0.39 is 6.23 Å². The first-order valence-corrected chi connectivity index (χ1v) is 11.5. The van der Waals surface area contributed by atoms with Gasteiger partial charge in [0.15, 0.2) is 6.23 Å². The molecule has 1 aliphatic rings. The molecule has 5 rings (SSSR count). The number of hydrogen-bond donors (Lipinski definition) is 2. The highest BCUT2D eigenvalue weighted by Gasteiger charge is 2.24. The summed E-state index contributed by atoms with van der Waals surface area (Å²) in [5, 5.41) is 19.2. The van der Waals surface area contributed by atoms with E-state index in [4.69, 9.17) is 4.74 Å². The number of nitro groups is 1. The first kappa shape index (κ1) is 22.7. The summed E-state index contributed by atoms with van der Waals surface area (Å²) in [6.07, 6.45) is 0.957. The summed E-state index contributed by atoms with van der Waals surface area (Å²) in [6.45, 7) is 3.36. The highest BCUT2D eigenvalue weighted by Crippen LogP contribution is 2.35. The fourth-order valence-corrected chi connectivity index (χ4v) is 4.23. The maximum atomic E-state index is 12.0. The van der Waals surface area contributed by atoms with Crippen LogP contribution in [0.2, 0.25) is 0 Å². The number of nitrogens with zero attached hydrogens (tertiary/aromatic N) is 4. The van der Waals surface area contributed by atoms with Crippen molar-refractivity contribution in [2.75, 3.05) is 36.4 Å². The van der Waals surface area contributed by atoms with Gasteiger partial charge < -0.3 is 20.3 Å². The van der Waals surface area contributed by atoms with Crippen molar-refractivity contribution in [2.45, 2.75) is 12.8 Å². The van der Waals surface area contributed by atoms with E-state index in [1.165, 1.54) is 6.33 Å². The molecular weight excluding hydrogens is 444 g/mol. The molecule has 178 valence electrons. The quantitative estimate of drug-likeness (QED) is 0.223. The van der Waals surface area contributed by atoms with E-state index in [1.807, 2.05) is 65.6 Å². The molecule has 9 nitrogen and oxygen atoms in total. The van der Waals surface area contributed by atoms with Crippen molar-refractivity contribution in [3.8, 4) is 0 Å². The van der Waals surface area contributed by atoms with Crippen LogP contribution in [-0.4, -0.2) is 41.1 Å². The van der Waals surface area contributed by atoms with Crippen LogP contribution in [0, 0.1) is 10.1 Å². The summed E-state index contributed by atoms with van der Waals surface area (Å²) >= 11 is 0. The van der Waals surface area contributed by atoms with E-state index in [0.717, 1.165) is 24.2 Å². The molecule has 1 aliphatic heterocycles. The van der Waals surface area contributed by atoms with Crippen molar-refractivity contribution in [2.24, 2.45) is 0 Å². The predicted octanol–water partition coefficient (Wildman–Crippen LogP) is 4.28. The Hall–Kier alpha value is -4.08. The third-order valence-corrected chi connectivity index (χ3v) is 6.02. The summed E-state index contributed by atoms with van der Waals surface area (Å²) < 4.78 is 6.24. The number of benzene rings is 3. The topological polar surface area (TPSA) is 105 Å². The van der Waals surface area contributed by atoms with Gasteiger partial charge in [-0.15, -0.1) is 0 Å². The molecule has 1 aromatic heterocycles. The molecule has 0 saturated carbocycles. The number of rotatable bonds is 8. The zero-order chi connectivity index (χ0) is 24.0. The van der Waals surface area contributed by atoms with E-state index in [9.17, 15) is 10.1 Å². The Morgan fingerprint density at radius 3 is 2.46 bits per heavy atom. The van der Waals surface area contributed by atoms with Gasteiger partial charge >= 0.3 is 0 Å². The van der Waals surface area contributed by atoms with Crippen molar-refractivity contribution in [3.63, 3.8) is 0 Å². The Morgan fingerprint density at radius 1 is 1.03 bits per heavy atom. The van der Waals surface area contributed by atoms with Gasteiger partial charge in [-0.3, -0.25) is 10.1 Å². The Kier molecular flexibility index (Phi) is 6.78. The van der Waals surface area contributed by atoms with Crippen LogP contribution in [0.3, 0.4) is 0 Å². The Morgan fingerprint density at radius 2 is 1.74 bits per heavy atom. The molecule has 2 heterocycles. The number of nitrogens with one attached hydrogen (secondary N) is 2. The minimum Gasteiger partial charge on any atom is -0.363 e. The third kappa shape index (κ3) is 5.21. The van der Waals surface area contributed by atoms with Gasteiger partial charge in [0, 0.05) is 43.2 Å². The van der Waals surface area contributed by atoms with Gasteiger partial charge in [0.2, 0.25) is 0 Å². The van der Waals surface area contributed by atoms with Crippen molar-refractivity contribution in [1.82, 2.24) is 15.3 Å². The predicted molar refractivity (Wildman–Crippen MR) is 135 cm³/mol. The summed E-state index contributed by atoms with van der Waals surface area (Å²) in [7, 11) is 0. The second-order valence-corrected chi connectivity index (χ2v) is 8.31. The van der Waals surface area contributed by atoms with Gasteiger partial charge in [-0.25, -0.2) is 9.97 Å². The van der Waals surface area contributed by atoms with E-state index >= 15 is 0 Å². The molecule has 0 bridgehead atoms. The smallest absolute Gasteiger partial charge is 0.293 e. The van der Waals surface area contributed by atoms with Crippen LogP contribution in [0.4, 0.5) is 17.2 Å². The molecule has 9 heteroatoms. The Balaban J connectivity index is 1.50. The van der Waals surface area contributed by atoms with Gasteiger partial charge in [-0.05, 0) is 11.6 Å². The molecule has 0 radical (unpaired) electrons. The zero-order valence-electron chi connectivity index (χ0n) is 19.1. The van der Waals surface area contributed by atoms with E-state index in [2.05, 4.69) is 20.6 Å². The Labute approximate surface area is 202 Å². The second kappa shape index (κ2) is 10.5. The number of nitro benzene ring substituents is 1. The van der Waals surface area contributed by atoms with Crippen LogP contribution < -0.4 is 15.5 Å². The van der Waals surface area contributed by atoms with Crippen LogP contribution in [0.15, 0.2) is 79.1 Å². The van der Waals surface area contributed by atoms with Crippen molar-refractivity contribution in [1.29, 1.82) is 0 Å². The number of anilines is 2. The molecule has 0 aliphatic carbocycles. The van der Waals surface area contributed by atoms with E-state index in [-0.39, 0.29) is 10.6 Å². The number of hydrogen-bond acceptors (Lipinski definition) is 8. The molecule has 0 spiro atoms. The minimum absolute atomic E-state index is 0.0405. The zero-order valence-corrected chi connectivity index (χ0v) is 19.1. The third-order valence-electron chi connectivity index (χ3n) is 6.02. The summed E-state index contributed by atoms with van der Waals surface area (Å²) in [4.78, 5) is 22.5. The van der Waals surface area contributed by atoms with Crippen LogP contribution >= 0.6 is 0 Å². The van der Waals surface area contributed by atoms with Crippen molar-refractivity contribution < 1.29 is 9.66 Å². The molecule has 3 aromatic carbocycles. The lowest BCUT2D eigenvalue weighted by Crippen LogP contribution is -2.43. The molecule has 1 unspecified atom stereocenters. The fourth-order valence-electron chi connectivity index (χ4n) is 4.23. The van der Waals surface area contributed by atoms with Crippen LogP contribution in [0.5, 0.6) is 0 Å². The molecule has 1 saturated heterocycles. The summed E-state index contributed by atoms with van der Waals surface area (Å²) in [5.74, 6) is 0.479. The molecule has 1 atom stereocenters. The van der Waals surface area contributed by atoms with Crippen molar-refractivity contribution >= 4 is 28.1 Å². The van der Waals surface area contributed by atoms with Gasteiger partial charge in [0.05, 0.1) is 17.0 Å². The van der Waals surface area contributed by atoms with E-state index in [1.54, 1.807) is 12.1 Å². The lowest BCUT2D eigenvalue weighted by molar-refractivity contribution is -0.384.